The van der Waals surface area contributed by atoms with Crippen LogP contribution in [0.3, 0.4) is 0 Å². The molecule has 0 aromatic carbocycles. The fourth-order valence-corrected chi connectivity index (χ4v) is 0.277. The molecule has 0 aliphatic rings. The topological polar surface area (TPSA) is 12.9 Å². The third-order valence-electron chi connectivity index (χ3n) is 0.517. The van der Waals surface area contributed by atoms with Crippen molar-refractivity contribution in [2.45, 2.75) is 0 Å². The molecule has 0 spiro atoms. The molecule has 0 radical (unpaired) electrons. The van der Waals surface area contributed by atoms with E-state index in [1.54, 1.807) is 12.3 Å². The van der Waals surface area contributed by atoms with Gasteiger partial charge in [-0.15, -0.1) is 0 Å². The Balaban J connectivity index is 0.000000222. The first-order chi connectivity index (χ1) is 4.00. The first kappa shape index (κ1) is 8.15. The van der Waals surface area contributed by atoms with Crippen molar-refractivity contribution >= 4 is 14.1 Å². The third kappa shape index (κ3) is 4.31. The molecule has 0 aliphatic heterocycles. The van der Waals surface area contributed by atoms with E-state index in [1.165, 1.54) is 0 Å². The molecule has 0 bridgehead atoms. The molecule has 0 amide bonds. The van der Waals surface area contributed by atoms with Crippen molar-refractivity contribution in [1.82, 2.24) is 4.98 Å². The molecule has 1 rings (SSSR count). The van der Waals surface area contributed by atoms with Crippen molar-refractivity contribution in [3.63, 3.8) is 0 Å². The Hall–Kier alpha value is 0.149. The molecule has 1 aromatic rings. The first-order valence-corrected chi connectivity index (χ1v) is 4.21. The van der Waals surface area contributed by atoms with E-state index in [2.05, 4.69) is 39.5 Å². The zero-order chi connectivity index (χ0) is 6.24. The van der Waals surface area contributed by atoms with Crippen molar-refractivity contribution in [3.8, 4) is 0 Å². The standard InChI is InChI=1S/C5H4N.BrH.Cu/c1-2-4-6-5-3-1;;/h1-4H;1H;/q-1;;+2/p-1. The van der Waals surface area contributed by atoms with Crippen LogP contribution in [0.15, 0.2) is 24.4 Å². The molecule has 0 saturated heterocycles. The molecule has 0 atom stereocenters. The molecule has 3 heteroatoms. The quantitative estimate of drug-likeness (QED) is 0.480. The van der Waals surface area contributed by atoms with Crippen molar-refractivity contribution in [1.29, 1.82) is 0 Å². The Morgan fingerprint density at radius 2 is 2.12 bits per heavy atom. The van der Waals surface area contributed by atoms with Crippen LogP contribution in [-0.4, -0.2) is 4.98 Å². The monoisotopic (exact) mass is 220 g/mol. The predicted molar refractivity (Wildman–Crippen MR) is 32.0 cm³/mol. The summed E-state index contributed by atoms with van der Waals surface area (Å²) in [6.07, 6.45) is 4.34. The van der Waals surface area contributed by atoms with Gasteiger partial charge in [-0.25, -0.2) is 0 Å². The van der Waals surface area contributed by atoms with Gasteiger partial charge in [-0.1, -0.05) is 12.4 Å². The maximum Gasteiger partial charge on any atom is -0.0813 e. The van der Waals surface area contributed by atoms with E-state index in [9.17, 15) is 0 Å². The smallest absolute Gasteiger partial charge is 0.0813 e. The van der Waals surface area contributed by atoms with Gasteiger partial charge in [-0.05, 0) is 0 Å². The fourth-order valence-electron chi connectivity index (χ4n) is 0.277. The first-order valence-electron chi connectivity index (χ1n) is 1.88. The van der Waals surface area contributed by atoms with Gasteiger partial charge in [-0.2, -0.15) is 18.2 Å². The van der Waals surface area contributed by atoms with Gasteiger partial charge in [0.1, 0.15) is 0 Å². The van der Waals surface area contributed by atoms with Crippen LogP contribution in [0.4, 0.5) is 0 Å². The number of pyridine rings is 1. The van der Waals surface area contributed by atoms with Crippen molar-refractivity contribution < 1.29 is 14.2 Å². The Bertz CT molecular complexity index is 84.4. The summed E-state index contributed by atoms with van der Waals surface area (Å²) < 4.78 is 0. The minimum absolute atomic E-state index is 1.69. The fraction of sp³-hybridized carbons (Fsp3) is 0. The summed E-state index contributed by atoms with van der Waals surface area (Å²) >= 11 is 6.50. The molecular weight excluding hydrogens is 218 g/mol. The van der Waals surface area contributed by atoms with E-state index in [0.29, 0.717) is 0 Å². The molecule has 0 fully saturated rings. The van der Waals surface area contributed by atoms with Gasteiger partial charge in [0.2, 0.25) is 0 Å². The second kappa shape index (κ2) is 7.15. The number of hydrogen-bond acceptors (Lipinski definition) is 1. The molecule has 1 heterocycles. The molecule has 8 heavy (non-hydrogen) atoms. The zero-order valence-corrected chi connectivity index (χ0v) is 6.46. The van der Waals surface area contributed by atoms with Gasteiger partial charge in [0.05, 0.1) is 0 Å². The Kier molecular flexibility index (Phi) is 7.28. The number of aromatic nitrogens is 1. The van der Waals surface area contributed by atoms with Gasteiger partial charge in [0.15, 0.2) is 0 Å². The largest absolute Gasteiger partial charge is 0.394 e. The van der Waals surface area contributed by atoms with Gasteiger partial charge in [0.25, 0.3) is 0 Å². The molecule has 1 nitrogen and oxygen atoms in total. The normalized spacial score (nSPS) is 6.88. The van der Waals surface area contributed by atoms with Crippen LogP contribution in [0.2, 0.25) is 0 Å². The van der Waals surface area contributed by atoms with Gasteiger partial charge in [-0.3, -0.25) is 0 Å². The van der Waals surface area contributed by atoms with E-state index >= 15 is 0 Å². The van der Waals surface area contributed by atoms with Crippen LogP contribution in [0.1, 0.15) is 0 Å². The van der Waals surface area contributed by atoms with E-state index in [0.717, 1.165) is 0 Å². The minimum Gasteiger partial charge on any atom is -0.394 e. The predicted octanol–water partition coefficient (Wildman–Crippen LogP) is 1.72. The summed E-state index contributed by atoms with van der Waals surface area (Å²) in [6.45, 7) is 0. The van der Waals surface area contributed by atoms with E-state index in [1.807, 2.05) is 12.1 Å². The molecular formula is C5H4BrCuN. The molecule has 47 valence electrons. The second-order valence-corrected chi connectivity index (χ2v) is 0.959. The maximum atomic E-state index is 4.00. The number of hydrogen-bond donors (Lipinski definition) is 0. The van der Waals surface area contributed by atoms with Crippen LogP contribution in [-0.2, 0) is 14.2 Å². The Morgan fingerprint density at radius 3 is 2.25 bits per heavy atom. The second-order valence-electron chi connectivity index (χ2n) is 0.959. The average molecular weight is 222 g/mol. The Labute approximate surface area is 64.0 Å². The third-order valence-corrected chi connectivity index (χ3v) is 0.517. The zero-order valence-electron chi connectivity index (χ0n) is 3.94. The van der Waals surface area contributed by atoms with Gasteiger partial charge in [0, 0.05) is 0 Å². The number of rotatable bonds is 0. The average Bonchev–Trinajstić information content (AvgIpc) is 1.96. The number of halogens is 1. The van der Waals surface area contributed by atoms with E-state index in [4.69, 9.17) is 0 Å². The van der Waals surface area contributed by atoms with Crippen LogP contribution in [0.5, 0.6) is 0 Å². The summed E-state index contributed by atoms with van der Waals surface area (Å²) in [4.78, 5) is 3.66. The van der Waals surface area contributed by atoms with E-state index < -0.39 is 0 Å². The Morgan fingerprint density at radius 1 is 1.38 bits per heavy atom. The van der Waals surface area contributed by atoms with Crippen LogP contribution in [0, 0.1) is 6.20 Å². The minimum atomic E-state index is 1.69. The van der Waals surface area contributed by atoms with Crippen molar-refractivity contribution in [2.75, 3.05) is 0 Å². The summed E-state index contributed by atoms with van der Waals surface area (Å²) in [5.74, 6) is 0. The summed E-state index contributed by atoms with van der Waals surface area (Å²) in [6, 6.07) is 5.50. The van der Waals surface area contributed by atoms with Crippen molar-refractivity contribution in [3.05, 3.63) is 30.6 Å². The summed E-state index contributed by atoms with van der Waals surface area (Å²) in [5, 5.41) is 0. The van der Waals surface area contributed by atoms with Crippen LogP contribution < -0.4 is 0 Å². The molecule has 0 aliphatic carbocycles. The van der Waals surface area contributed by atoms with Crippen molar-refractivity contribution in [2.24, 2.45) is 0 Å². The molecule has 0 unspecified atom stereocenters. The molecule has 0 saturated carbocycles. The SMILES string of the molecule is [Cu+][Br].[c-]1ccccn1. The van der Waals surface area contributed by atoms with Gasteiger partial charge < -0.3 is 4.98 Å². The van der Waals surface area contributed by atoms with E-state index in [-0.39, 0.29) is 0 Å². The maximum absolute atomic E-state index is 4.00. The van der Waals surface area contributed by atoms with Crippen LogP contribution >= 0.6 is 14.1 Å². The number of nitrogens with zero attached hydrogens (tertiary/aromatic N) is 1. The summed E-state index contributed by atoms with van der Waals surface area (Å²) in [5.41, 5.74) is 0. The van der Waals surface area contributed by atoms with Gasteiger partial charge >= 0.3 is 28.3 Å². The summed E-state index contributed by atoms with van der Waals surface area (Å²) in [7, 11) is 0. The molecule has 0 N–H and O–H groups in total. The molecule has 1 aromatic heterocycles. The van der Waals surface area contributed by atoms with Crippen LogP contribution in [0.25, 0.3) is 0 Å².